The van der Waals surface area contributed by atoms with Gasteiger partial charge in [0.1, 0.15) is 0 Å². The van der Waals surface area contributed by atoms with Crippen LogP contribution in [0.25, 0.3) is 0 Å². The van der Waals surface area contributed by atoms with Crippen molar-refractivity contribution in [1.29, 1.82) is 0 Å². The smallest absolute Gasteiger partial charge is 0.281 e. The van der Waals surface area contributed by atoms with Gasteiger partial charge >= 0.3 is 0 Å². The van der Waals surface area contributed by atoms with Crippen LogP contribution in [-0.4, -0.2) is 19.7 Å². The van der Waals surface area contributed by atoms with Crippen molar-refractivity contribution in [3.63, 3.8) is 0 Å². The van der Waals surface area contributed by atoms with Crippen LogP contribution >= 0.6 is 0 Å². The highest BCUT2D eigenvalue weighted by molar-refractivity contribution is 5.70. The lowest BCUT2D eigenvalue weighted by Crippen LogP contribution is -2.15. The summed E-state index contributed by atoms with van der Waals surface area (Å²) >= 11 is 0. The molecule has 0 spiro atoms. The second kappa shape index (κ2) is 4.43. The molecule has 0 bridgehead atoms. The highest BCUT2D eigenvalue weighted by Gasteiger charge is 1.84. The third kappa shape index (κ3) is 3.46. The number of ether oxygens (including phenoxy) is 1. The van der Waals surface area contributed by atoms with E-state index in [4.69, 9.17) is 10.5 Å². The molecule has 0 aromatic heterocycles. The van der Waals surface area contributed by atoms with Crippen LogP contribution in [0.15, 0.2) is 4.99 Å². The molecule has 0 heterocycles. The Bertz CT molecular complexity index is 80.5. The molecule has 8 heavy (non-hydrogen) atoms. The SMILES string of the molecule is CCCOC(N)=NC. The topological polar surface area (TPSA) is 47.6 Å². The monoisotopic (exact) mass is 116 g/mol. The van der Waals surface area contributed by atoms with E-state index < -0.39 is 0 Å². The minimum Gasteiger partial charge on any atom is -0.465 e. The number of aliphatic imine (C=N–C) groups is 1. The summed E-state index contributed by atoms with van der Waals surface area (Å²) in [5.74, 6) is 0. The van der Waals surface area contributed by atoms with Gasteiger partial charge in [0, 0.05) is 7.05 Å². The zero-order valence-corrected chi connectivity index (χ0v) is 5.35. The van der Waals surface area contributed by atoms with Crippen LogP contribution in [0.5, 0.6) is 0 Å². The minimum absolute atomic E-state index is 0.270. The summed E-state index contributed by atoms with van der Waals surface area (Å²) < 4.78 is 4.87. The van der Waals surface area contributed by atoms with E-state index in [0.29, 0.717) is 6.61 Å². The van der Waals surface area contributed by atoms with Crippen LogP contribution in [0.1, 0.15) is 13.3 Å². The molecule has 0 rings (SSSR count). The Kier molecular flexibility index (Phi) is 4.03. The van der Waals surface area contributed by atoms with Gasteiger partial charge in [0.05, 0.1) is 6.61 Å². The van der Waals surface area contributed by atoms with Crippen molar-refractivity contribution in [3.8, 4) is 0 Å². The van der Waals surface area contributed by atoms with E-state index in [1.54, 1.807) is 7.05 Å². The highest BCUT2D eigenvalue weighted by Crippen LogP contribution is 1.77. The molecule has 3 nitrogen and oxygen atoms in total. The molecule has 0 saturated carbocycles. The van der Waals surface area contributed by atoms with Gasteiger partial charge in [-0.25, -0.2) is 4.99 Å². The molecule has 2 N–H and O–H groups in total. The Morgan fingerprint density at radius 3 is 2.75 bits per heavy atom. The van der Waals surface area contributed by atoms with Gasteiger partial charge in [-0.2, -0.15) is 0 Å². The average molecular weight is 116 g/mol. The second-order valence-electron chi connectivity index (χ2n) is 1.41. The largest absolute Gasteiger partial charge is 0.465 e. The first-order chi connectivity index (χ1) is 3.81. The molecule has 0 atom stereocenters. The van der Waals surface area contributed by atoms with E-state index in [2.05, 4.69) is 4.99 Å². The number of hydrogen-bond acceptors (Lipinski definition) is 2. The van der Waals surface area contributed by atoms with Gasteiger partial charge in [-0.3, -0.25) is 0 Å². The molecule has 3 heteroatoms. The van der Waals surface area contributed by atoms with Crippen LogP contribution in [-0.2, 0) is 4.74 Å². The van der Waals surface area contributed by atoms with Crippen molar-refractivity contribution in [3.05, 3.63) is 0 Å². The zero-order valence-electron chi connectivity index (χ0n) is 5.35. The van der Waals surface area contributed by atoms with E-state index in [1.165, 1.54) is 0 Å². The quantitative estimate of drug-likeness (QED) is 0.418. The first kappa shape index (κ1) is 7.27. The molecule has 0 aliphatic carbocycles. The molecule has 48 valence electrons. The van der Waals surface area contributed by atoms with Gasteiger partial charge in [0.2, 0.25) is 0 Å². The summed E-state index contributed by atoms with van der Waals surface area (Å²) in [6.45, 7) is 2.67. The molecule has 0 amide bonds. The summed E-state index contributed by atoms with van der Waals surface area (Å²) in [6.07, 6.45) is 0.968. The Hall–Kier alpha value is -0.730. The Morgan fingerprint density at radius 2 is 2.38 bits per heavy atom. The van der Waals surface area contributed by atoms with E-state index >= 15 is 0 Å². The fourth-order valence-corrected chi connectivity index (χ4v) is 0.271. The van der Waals surface area contributed by atoms with Crippen molar-refractivity contribution >= 4 is 6.02 Å². The summed E-state index contributed by atoms with van der Waals surface area (Å²) in [4.78, 5) is 3.60. The average Bonchev–Trinajstić information content (AvgIpc) is 1.83. The normalized spacial score (nSPS) is 11.5. The second-order valence-corrected chi connectivity index (χ2v) is 1.41. The van der Waals surface area contributed by atoms with Gasteiger partial charge < -0.3 is 10.5 Å². The van der Waals surface area contributed by atoms with Crippen LogP contribution < -0.4 is 5.73 Å². The summed E-state index contributed by atoms with van der Waals surface area (Å²) in [5.41, 5.74) is 5.19. The summed E-state index contributed by atoms with van der Waals surface area (Å²) in [7, 11) is 1.60. The number of rotatable bonds is 2. The van der Waals surface area contributed by atoms with Crippen molar-refractivity contribution < 1.29 is 4.74 Å². The van der Waals surface area contributed by atoms with Crippen molar-refractivity contribution in [1.82, 2.24) is 0 Å². The lowest BCUT2D eigenvalue weighted by Gasteiger charge is -1.98. The Morgan fingerprint density at radius 1 is 1.75 bits per heavy atom. The van der Waals surface area contributed by atoms with Gasteiger partial charge in [0.15, 0.2) is 0 Å². The maximum absolute atomic E-state index is 5.19. The van der Waals surface area contributed by atoms with Gasteiger partial charge in [-0.1, -0.05) is 6.92 Å². The minimum atomic E-state index is 0.270. The Labute approximate surface area is 49.5 Å². The van der Waals surface area contributed by atoms with Crippen molar-refractivity contribution in [2.75, 3.05) is 13.7 Å². The molecule has 0 fully saturated rings. The van der Waals surface area contributed by atoms with Crippen LogP contribution in [0.3, 0.4) is 0 Å². The zero-order chi connectivity index (χ0) is 6.41. The first-order valence-electron chi connectivity index (χ1n) is 2.66. The molecule has 0 aliphatic rings. The van der Waals surface area contributed by atoms with Gasteiger partial charge in [0.25, 0.3) is 6.02 Å². The van der Waals surface area contributed by atoms with Crippen LogP contribution in [0, 0.1) is 0 Å². The summed E-state index contributed by atoms with van der Waals surface area (Å²) in [6, 6.07) is 0.270. The molecule has 0 unspecified atom stereocenters. The van der Waals surface area contributed by atoms with Crippen molar-refractivity contribution in [2.24, 2.45) is 10.7 Å². The molecule has 0 radical (unpaired) electrons. The van der Waals surface area contributed by atoms with Crippen LogP contribution in [0.2, 0.25) is 0 Å². The van der Waals surface area contributed by atoms with E-state index in [0.717, 1.165) is 6.42 Å². The number of nitrogens with two attached hydrogens (primary N) is 1. The van der Waals surface area contributed by atoms with Crippen molar-refractivity contribution in [2.45, 2.75) is 13.3 Å². The highest BCUT2D eigenvalue weighted by atomic mass is 16.5. The lowest BCUT2D eigenvalue weighted by atomic mass is 10.5. The Balaban J connectivity index is 3.12. The van der Waals surface area contributed by atoms with E-state index in [-0.39, 0.29) is 6.02 Å². The summed E-state index contributed by atoms with van der Waals surface area (Å²) in [5, 5.41) is 0. The number of nitrogens with zero attached hydrogens (tertiary/aromatic N) is 1. The predicted octanol–water partition coefficient (Wildman–Crippen LogP) is 0.358. The molecule has 0 aliphatic heterocycles. The standard InChI is InChI=1S/C5H12N2O/c1-3-4-8-5(6)7-2/h3-4H2,1-2H3,(H2,6,7). The molecule has 0 aromatic rings. The first-order valence-corrected chi connectivity index (χ1v) is 2.66. The third-order valence-electron chi connectivity index (χ3n) is 0.674. The lowest BCUT2D eigenvalue weighted by molar-refractivity contribution is 0.299. The maximum atomic E-state index is 5.19. The predicted molar refractivity (Wildman–Crippen MR) is 33.8 cm³/mol. The molecular formula is C5H12N2O. The molecule has 0 aromatic carbocycles. The van der Waals surface area contributed by atoms with E-state index in [1.807, 2.05) is 6.92 Å². The third-order valence-corrected chi connectivity index (χ3v) is 0.674. The number of amidine groups is 1. The van der Waals surface area contributed by atoms with Gasteiger partial charge in [-0.15, -0.1) is 0 Å². The molecular weight excluding hydrogens is 104 g/mol. The molecule has 0 saturated heterocycles. The maximum Gasteiger partial charge on any atom is 0.281 e. The fraction of sp³-hybridized carbons (Fsp3) is 0.800. The number of hydrogen-bond donors (Lipinski definition) is 1. The van der Waals surface area contributed by atoms with Crippen LogP contribution in [0.4, 0.5) is 0 Å². The fourth-order valence-electron chi connectivity index (χ4n) is 0.271. The van der Waals surface area contributed by atoms with Gasteiger partial charge in [-0.05, 0) is 6.42 Å². The van der Waals surface area contributed by atoms with E-state index in [9.17, 15) is 0 Å².